The van der Waals surface area contributed by atoms with Crippen molar-refractivity contribution >= 4 is 41.5 Å². The van der Waals surface area contributed by atoms with Crippen LogP contribution in [0.3, 0.4) is 0 Å². The molecule has 1 heterocycles. The highest BCUT2D eigenvalue weighted by atomic mass is 127. The first-order valence-electron chi connectivity index (χ1n) is 9.23. The number of hydrogen-bond acceptors (Lipinski definition) is 2. The molecular formula is C19H32ClIN4. The van der Waals surface area contributed by atoms with Gasteiger partial charge in [-0.05, 0) is 56.8 Å². The molecule has 1 aliphatic heterocycles. The Morgan fingerprint density at radius 1 is 1.28 bits per heavy atom. The molecule has 25 heavy (non-hydrogen) atoms. The van der Waals surface area contributed by atoms with Crippen LogP contribution in [0.1, 0.15) is 38.7 Å². The third-order valence-corrected chi connectivity index (χ3v) is 4.61. The monoisotopic (exact) mass is 478 g/mol. The van der Waals surface area contributed by atoms with Crippen LogP contribution in [0.25, 0.3) is 0 Å². The molecule has 0 spiro atoms. The molecule has 1 saturated heterocycles. The van der Waals surface area contributed by atoms with E-state index in [0.717, 1.165) is 30.5 Å². The fourth-order valence-electron chi connectivity index (χ4n) is 3.12. The number of nitrogens with one attached hydrogen (secondary N) is 2. The van der Waals surface area contributed by atoms with Crippen molar-refractivity contribution in [3.63, 3.8) is 0 Å². The summed E-state index contributed by atoms with van der Waals surface area (Å²) in [4.78, 5) is 7.28. The lowest BCUT2D eigenvalue weighted by Gasteiger charge is -2.32. The first kappa shape index (κ1) is 22.5. The minimum atomic E-state index is 0. The van der Waals surface area contributed by atoms with Crippen molar-refractivity contribution < 1.29 is 0 Å². The maximum absolute atomic E-state index is 6.03. The van der Waals surface area contributed by atoms with E-state index in [2.05, 4.69) is 35.4 Å². The zero-order valence-corrected chi connectivity index (χ0v) is 18.5. The van der Waals surface area contributed by atoms with Crippen LogP contribution in [0.4, 0.5) is 0 Å². The van der Waals surface area contributed by atoms with Gasteiger partial charge in [-0.25, -0.2) is 0 Å². The van der Waals surface area contributed by atoms with E-state index in [1.807, 2.05) is 18.2 Å². The zero-order chi connectivity index (χ0) is 17.2. The summed E-state index contributed by atoms with van der Waals surface area (Å²) in [5.74, 6) is 0.938. The minimum Gasteiger partial charge on any atom is -0.357 e. The number of guanidine groups is 1. The molecule has 2 N–H and O–H groups in total. The zero-order valence-electron chi connectivity index (χ0n) is 15.4. The van der Waals surface area contributed by atoms with Gasteiger partial charge in [0.05, 0.1) is 0 Å². The van der Waals surface area contributed by atoms with Gasteiger partial charge in [0, 0.05) is 37.2 Å². The molecule has 0 unspecified atom stereocenters. The van der Waals surface area contributed by atoms with Crippen LogP contribution in [0.15, 0.2) is 29.3 Å². The predicted octanol–water partition coefficient (Wildman–Crippen LogP) is 3.93. The molecule has 6 heteroatoms. The van der Waals surface area contributed by atoms with Crippen molar-refractivity contribution in [3.8, 4) is 0 Å². The fourth-order valence-corrected chi connectivity index (χ4v) is 3.33. The maximum atomic E-state index is 6.03. The second kappa shape index (κ2) is 12.8. The van der Waals surface area contributed by atoms with Crippen LogP contribution in [0, 0.1) is 0 Å². The van der Waals surface area contributed by atoms with E-state index in [1.54, 1.807) is 0 Å². The summed E-state index contributed by atoms with van der Waals surface area (Å²) in [6.45, 7) is 9.61. The molecule has 0 bridgehead atoms. The number of nitrogens with zero attached hydrogens (tertiary/aromatic N) is 2. The molecule has 1 aromatic carbocycles. The number of halogens is 2. The van der Waals surface area contributed by atoms with Crippen LogP contribution < -0.4 is 10.6 Å². The van der Waals surface area contributed by atoms with Gasteiger partial charge in [0.1, 0.15) is 0 Å². The Morgan fingerprint density at radius 3 is 2.68 bits per heavy atom. The van der Waals surface area contributed by atoms with Gasteiger partial charge < -0.3 is 15.5 Å². The summed E-state index contributed by atoms with van der Waals surface area (Å²) in [5.41, 5.74) is 1.23. The topological polar surface area (TPSA) is 39.7 Å². The van der Waals surface area contributed by atoms with E-state index in [9.17, 15) is 0 Å². The average molecular weight is 479 g/mol. The van der Waals surface area contributed by atoms with E-state index < -0.39 is 0 Å². The molecule has 142 valence electrons. The Kier molecular flexibility index (Phi) is 11.5. The van der Waals surface area contributed by atoms with Crippen molar-refractivity contribution in [2.45, 2.75) is 45.6 Å². The van der Waals surface area contributed by atoms with E-state index in [0.29, 0.717) is 6.04 Å². The van der Waals surface area contributed by atoms with E-state index in [1.165, 1.54) is 44.5 Å². The smallest absolute Gasteiger partial charge is 0.191 e. The van der Waals surface area contributed by atoms with Crippen molar-refractivity contribution in [3.05, 3.63) is 34.9 Å². The third-order valence-electron chi connectivity index (χ3n) is 4.37. The molecular weight excluding hydrogens is 447 g/mol. The standard InChI is InChI=1S/C19H31ClN4.HI/c1-3-12-24-13-9-18(10-14-24)23-19(21-4-2)22-11-8-16-6-5-7-17(20)15-16;/h5-7,15,18H,3-4,8-14H2,1-2H3,(H2,21,22,23);1H. The van der Waals surface area contributed by atoms with Crippen molar-refractivity contribution in [1.29, 1.82) is 0 Å². The number of benzene rings is 1. The lowest BCUT2D eigenvalue weighted by Crippen LogP contribution is -2.48. The van der Waals surface area contributed by atoms with Crippen molar-refractivity contribution in [2.24, 2.45) is 4.99 Å². The first-order chi connectivity index (χ1) is 11.7. The number of likely N-dealkylation sites (tertiary alicyclic amines) is 1. The number of piperidine rings is 1. The van der Waals surface area contributed by atoms with Gasteiger partial charge in [-0.3, -0.25) is 4.99 Å². The number of aliphatic imine (C=N–C) groups is 1. The van der Waals surface area contributed by atoms with Gasteiger partial charge in [0.2, 0.25) is 0 Å². The van der Waals surface area contributed by atoms with Crippen LogP contribution in [-0.2, 0) is 6.42 Å². The Morgan fingerprint density at radius 2 is 2.04 bits per heavy atom. The summed E-state index contributed by atoms with van der Waals surface area (Å²) in [6, 6.07) is 8.55. The van der Waals surface area contributed by atoms with Crippen LogP contribution in [0.2, 0.25) is 5.02 Å². The van der Waals surface area contributed by atoms with Gasteiger partial charge in [0.25, 0.3) is 0 Å². The molecule has 0 saturated carbocycles. The summed E-state index contributed by atoms with van der Waals surface area (Å²) >= 11 is 6.03. The Balaban J connectivity index is 0.00000312. The highest BCUT2D eigenvalue weighted by molar-refractivity contribution is 14.0. The Hall–Kier alpha value is -0.530. The van der Waals surface area contributed by atoms with Gasteiger partial charge in [-0.2, -0.15) is 0 Å². The Labute approximate surface area is 174 Å². The second-order valence-corrected chi connectivity index (χ2v) is 6.84. The molecule has 0 aliphatic carbocycles. The van der Waals surface area contributed by atoms with Gasteiger partial charge in [-0.15, -0.1) is 24.0 Å². The first-order valence-corrected chi connectivity index (χ1v) is 9.60. The molecule has 2 rings (SSSR count). The Bertz CT molecular complexity index is 516. The summed E-state index contributed by atoms with van der Waals surface area (Å²) in [5, 5.41) is 7.76. The van der Waals surface area contributed by atoms with E-state index >= 15 is 0 Å². The van der Waals surface area contributed by atoms with Crippen LogP contribution >= 0.6 is 35.6 Å². The summed E-state index contributed by atoms with van der Waals surface area (Å²) < 4.78 is 0. The fraction of sp³-hybridized carbons (Fsp3) is 0.632. The lowest BCUT2D eigenvalue weighted by molar-refractivity contribution is 0.206. The highest BCUT2D eigenvalue weighted by Gasteiger charge is 2.19. The summed E-state index contributed by atoms with van der Waals surface area (Å²) in [7, 11) is 0. The molecule has 0 atom stereocenters. The number of hydrogen-bond donors (Lipinski definition) is 2. The maximum Gasteiger partial charge on any atom is 0.191 e. The van der Waals surface area contributed by atoms with Gasteiger partial charge >= 0.3 is 0 Å². The molecule has 1 fully saturated rings. The van der Waals surface area contributed by atoms with Gasteiger partial charge in [0.15, 0.2) is 5.96 Å². The lowest BCUT2D eigenvalue weighted by atomic mass is 10.1. The predicted molar refractivity (Wildman–Crippen MR) is 119 cm³/mol. The third kappa shape index (κ3) is 8.60. The van der Waals surface area contributed by atoms with Gasteiger partial charge in [-0.1, -0.05) is 30.7 Å². The molecule has 1 aliphatic rings. The van der Waals surface area contributed by atoms with E-state index in [-0.39, 0.29) is 24.0 Å². The normalized spacial score (nSPS) is 16.4. The van der Waals surface area contributed by atoms with E-state index in [4.69, 9.17) is 16.6 Å². The quantitative estimate of drug-likeness (QED) is 0.354. The average Bonchev–Trinajstić information content (AvgIpc) is 2.57. The molecule has 0 radical (unpaired) electrons. The highest BCUT2D eigenvalue weighted by Crippen LogP contribution is 2.12. The van der Waals surface area contributed by atoms with Crippen LogP contribution in [0.5, 0.6) is 0 Å². The minimum absolute atomic E-state index is 0. The molecule has 4 nitrogen and oxygen atoms in total. The number of rotatable bonds is 7. The van der Waals surface area contributed by atoms with Crippen molar-refractivity contribution in [2.75, 3.05) is 32.7 Å². The molecule has 0 amide bonds. The molecule has 1 aromatic rings. The van der Waals surface area contributed by atoms with Crippen molar-refractivity contribution in [1.82, 2.24) is 15.5 Å². The van der Waals surface area contributed by atoms with Crippen LogP contribution in [-0.4, -0.2) is 49.6 Å². The summed E-state index contributed by atoms with van der Waals surface area (Å²) in [6.07, 6.45) is 4.54. The molecule has 0 aromatic heterocycles. The second-order valence-electron chi connectivity index (χ2n) is 6.40. The SMILES string of the molecule is CCCN1CCC(NC(=NCCc2cccc(Cl)c2)NCC)CC1.I. The largest absolute Gasteiger partial charge is 0.357 e.